The smallest absolute Gasteiger partial charge is 0.213 e. The number of hydrogen-bond acceptors (Lipinski definition) is 4. The number of aromatic nitrogens is 1. The van der Waals surface area contributed by atoms with Crippen LogP contribution in [0.15, 0.2) is 41.0 Å². The number of furan rings is 1. The summed E-state index contributed by atoms with van der Waals surface area (Å²) in [5.41, 5.74) is 6.28. The van der Waals surface area contributed by atoms with E-state index < -0.39 is 0 Å². The fourth-order valence-corrected chi connectivity index (χ4v) is 1.19. The van der Waals surface area contributed by atoms with Gasteiger partial charge in [0.05, 0.1) is 12.0 Å². The van der Waals surface area contributed by atoms with Crippen molar-refractivity contribution in [3.8, 4) is 5.88 Å². The largest absolute Gasteiger partial charge is 0.469 e. The fourth-order valence-electron chi connectivity index (χ4n) is 1.19. The second-order valence-electron chi connectivity index (χ2n) is 3.04. The topological polar surface area (TPSA) is 61.3 Å². The summed E-state index contributed by atoms with van der Waals surface area (Å²) in [5, 5.41) is 0. The van der Waals surface area contributed by atoms with Crippen molar-refractivity contribution in [3.63, 3.8) is 0 Å². The third-order valence-corrected chi connectivity index (χ3v) is 1.93. The molecule has 0 bridgehead atoms. The number of pyridine rings is 1. The predicted molar refractivity (Wildman–Crippen MR) is 55.2 cm³/mol. The van der Waals surface area contributed by atoms with Crippen LogP contribution in [-0.4, -0.2) is 4.98 Å². The molecular weight excluding hydrogens is 192 g/mol. The van der Waals surface area contributed by atoms with E-state index in [9.17, 15) is 0 Å². The maximum atomic E-state index is 5.47. The summed E-state index contributed by atoms with van der Waals surface area (Å²) in [5.74, 6) is 1.34. The number of hydrogen-bond donors (Lipinski definition) is 1. The Morgan fingerprint density at radius 3 is 2.93 bits per heavy atom. The lowest BCUT2D eigenvalue weighted by molar-refractivity contribution is 0.260. The molecule has 0 aliphatic heterocycles. The summed E-state index contributed by atoms with van der Waals surface area (Å²) < 4.78 is 10.6. The van der Waals surface area contributed by atoms with Crippen molar-refractivity contribution in [1.82, 2.24) is 4.98 Å². The van der Waals surface area contributed by atoms with Crippen molar-refractivity contribution in [2.24, 2.45) is 5.73 Å². The molecule has 4 nitrogen and oxygen atoms in total. The van der Waals surface area contributed by atoms with Crippen LogP contribution in [0.4, 0.5) is 0 Å². The van der Waals surface area contributed by atoms with E-state index in [1.807, 2.05) is 24.3 Å². The third-order valence-electron chi connectivity index (χ3n) is 1.93. The minimum Gasteiger partial charge on any atom is -0.469 e. The first-order chi connectivity index (χ1) is 7.38. The molecule has 0 spiro atoms. The highest BCUT2D eigenvalue weighted by molar-refractivity contribution is 5.15. The second kappa shape index (κ2) is 4.61. The minimum absolute atomic E-state index is 0.383. The molecule has 2 aromatic heterocycles. The quantitative estimate of drug-likeness (QED) is 0.823. The van der Waals surface area contributed by atoms with Gasteiger partial charge >= 0.3 is 0 Å². The summed E-state index contributed by atoms with van der Waals surface area (Å²) in [6.07, 6.45) is 1.61. The number of rotatable bonds is 4. The van der Waals surface area contributed by atoms with E-state index in [1.54, 1.807) is 12.3 Å². The number of nitrogens with two attached hydrogens (primary N) is 1. The van der Waals surface area contributed by atoms with Crippen LogP contribution >= 0.6 is 0 Å². The molecule has 15 heavy (non-hydrogen) atoms. The molecule has 4 heteroatoms. The molecule has 2 rings (SSSR count). The molecule has 0 saturated heterocycles. The average molecular weight is 204 g/mol. The molecule has 2 aromatic rings. The Kier molecular flexibility index (Phi) is 2.99. The second-order valence-corrected chi connectivity index (χ2v) is 3.04. The third kappa shape index (κ3) is 2.57. The summed E-state index contributed by atoms with van der Waals surface area (Å²) in [6.45, 7) is 0.798. The van der Waals surface area contributed by atoms with Crippen LogP contribution in [0, 0.1) is 0 Å². The molecule has 0 amide bonds. The van der Waals surface area contributed by atoms with Gasteiger partial charge < -0.3 is 14.9 Å². The van der Waals surface area contributed by atoms with Gasteiger partial charge in [0.25, 0.3) is 0 Å². The molecule has 0 aliphatic carbocycles. The van der Waals surface area contributed by atoms with Crippen molar-refractivity contribution in [3.05, 3.63) is 48.0 Å². The van der Waals surface area contributed by atoms with E-state index in [1.165, 1.54) is 0 Å². The maximum absolute atomic E-state index is 5.47. The highest BCUT2D eigenvalue weighted by Crippen LogP contribution is 2.10. The van der Waals surface area contributed by atoms with Gasteiger partial charge in [-0.05, 0) is 18.2 Å². The molecule has 0 aliphatic rings. The molecule has 0 radical (unpaired) electrons. The van der Waals surface area contributed by atoms with Gasteiger partial charge in [0, 0.05) is 12.6 Å². The van der Waals surface area contributed by atoms with Gasteiger partial charge in [0.2, 0.25) is 5.88 Å². The lowest BCUT2D eigenvalue weighted by Crippen LogP contribution is -2.02. The van der Waals surface area contributed by atoms with E-state index in [2.05, 4.69) is 4.98 Å². The van der Waals surface area contributed by atoms with Gasteiger partial charge in [-0.15, -0.1) is 0 Å². The van der Waals surface area contributed by atoms with Crippen LogP contribution < -0.4 is 10.5 Å². The van der Waals surface area contributed by atoms with E-state index in [4.69, 9.17) is 14.9 Å². The zero-order valence-corrected chi connectivity index (χ0v) is 8.22. The Hall–Kier alpha value is -1.81. The fraction of sp³-hybridized carbons (Fsp3) is 0.182. The Morgan fingerprint density at radius 1 is 1.27 bits per heavy atom. The first-order valence-electron chi connectivity index (χ1n) is 4.69. The average Bonchev–Trinajstić information content (AvgIpc) is 2.79. The van der Waals surface area contributed by atoms with Gasteiger partial charge in [-0.1, -0.05) is 6.07 Å². The molecule has 2 N–H and O–H groups in total. The molecule has 78 valence electrons. The van der Waals surface area contributed by atoms with Crippen molar-refractivity contribution < 1.29 is 9.15 Å². The molecule has 0 unspecified atom stereocenters. The summed E-state index contributed by atoms with van der Waals surface area (Å²) in [7, 11) is 0. The van der Waals surface area contributed by atoms with Gasteiger partial charge in [-0.25, -0.2) is 4.98 Å². The van der Waals surface area contributed by atoms with Gasteiger partial charge in [0.15, 0.2) is 0 Å². The van der Waals surface area contributed by atoms with Crippen molar-refractivity contribution in [2.45, 2.75) is 13.2 Å². The van der Waals surface area contributed by atoms with E-state index >= 15 is 0 Å². The molecule has 0 saturated carbocycles. The van der Waals surface area contributed by atoms with Gasteiger partial charge in [0.1, 0.15) is 12.4 Å². The Labute approximate surface area is 87.7 Å². The highest BCUT2D eigenvalue weighted by Gasteiger charge is 1.99. The van der Waals surface area contributed by atoms with Crippen LogP contribution in [-0.2, 0) is 13.2 Å². The molecule has 2 heterocycles. The number of ether oxygens (including phenoxy) is 1. The van der Waals surface area contributed by atoms with Crippen LogP contribution in [0.25, 0.3) is 0 Å². The zero-order valence-electron chi connectivity index (χ0n) is 8.22. The van der Waals surface area contributed by atoms with Crippen LogP contribution in [0.5, 0.6) is 5.88 Å². The van der Waals surface area contributed by atoms with Crippen molar-refractivity contribution in [1.29, 1.82) is 0 Å². The van der Waals surface area contributed by atoms with E-state index in [0.717, 1.165) is 11.5 Å². The lowest BCUT2D eigenvalue weighted by atomic mass is 10.3. The van der Waals surface area contributed by atoms with Gasteiger partial charge in [-0.3, -0.25) is 0 Å². The highest BCUT2D eigenvalue weighted by atomic mass is 16.5. The van der Waals surface area contributed by atoms with Crippen molar-refractivity contribution >= 4 is 0 Å². The molecule has 0 atom stereocenters. The molecule has 0 fully saturated rings. The molecular formula is C11H12N2O2. The lowest BCUT2D eigenvalue weighted by Gasteiger charge is -2.04. The summed E-state index contributed by atoms with van der Waals surface area (Å²) in [4.78, 5) is 4.20. The van der Waals surface area contributed by atoms with Crippen LogP contribution in [0.2, 0.25) is 0 Å². The monoisotopic (exact) mass is 204 g/mol. The minimum atomic E-state index is 0.383. The first kappa shape index (κ1) is 9.73. The van der Waals surface area contributed by atoms with Crippen molar-refractivity contribution in [2.75, 3.05) is 0 Å². The Morgan fingerprint density at radius 2 is 2.20 bits per heavy atom. The summed E-state index contributed by atoms with van der Waals surface area (Å²) in [6, 6.07) is 9.20. The zero-order chi connectivity index (χ0) is 10.5. The molecule has 0 aromatic carbocycles. The van der Waals surface area contributed by atoms with Crippen LogP contribution in [0.3, 0.4) is 0 Å². The van der Waals surface area contributed by atoms with E-state index in [0.29, 0.717) is 19.0 Å². The predicted octanol–water partition coefficient (Wildman–Crippen LogP) is 1.71. The maximum Gasteiger partial charge on any atom is 0.213 e. The van der Waals surface area contributed by atoms with Crippen LogP contribution in [0.1, 0.15) is 11.5 Å². The Bertz CT molecular complexity index is 412. The number of nitrogens with zero attached hydrogens (tertiary/aromatic N) is 1. The Balaban J connectivity index is 1.98. The van der Waals surface area contributed by atoms with E-state index in [-0.39, 0.29) is 0 Å². The SMILES string of the molecule is NCc1cccc(OCc2ccco2)n1. The van der Waals surface area contributed by atoms with Gasteiger partial charge in [-0.2, -0.15) is 0 Å². The normalized spacial score (nSPS) is 10.2. The standard InChI is InChI=1S/C11H12N2O2/c12-7-9-3-1-5-11(13-9)15-8-10-4-2-6-14-10/h1-6H,7-8,12H2. The summed E-state index contributed by atoms with van der Waals surface area (Å²) >= 11 is 0. The first-order valence-corrected chi connectivity index (χ1v) is 4.69.